The van der Waals surface area contributed by atoms with E-state index < -0.39 is 0 Å². The Kier molecular flexibility index (Phi) is 6.05. The van der Waals surface area contributed by atoms with Crippen LogP contribution in [0.2, 0.25) is 0 Å². The van der Waals surface area contributed by atoms with Crippen molar-refractivity contribution >= 4 is 0 Å². The van der Waals surface area contributed by atoms with Crippen molar-refractivity contribution in [3.05, 3.63) is 59.9 Å². The molecule has 1 aromatic carbocycles. The highest BCUT2D eigenvalue weighted by molar-refractivity contribution is 5.29. The first-order valence-electron chi connectivity index (χ1n) is 9.14. The van der Waals surface area contributed by atoms with Gasteiger partial charge in [-0.25, -0.2) is 0 Å². The van der Waals surface area contributed by atoms with Crippen molar-refractivity contribution in [3.63, 3.8) is 0 Å². The fourth-order valence-corrected chi connectivity index (χ4v) is 3.85. The summed E-state index contributed by atoms with van der Waals surface area (Å²) in [5.41, 5.74) is 2.68. The number of ether oxygens (including phenoxy) is 1. The maximum absolute atomic E-state index is 5.24. The Morgan fingerprint density at radius 3 is 2.76 bits per heavy atom. The molecule has 1 aromatic heterocycles. The highest BCUT2D eigenvalue weighted by atomic mass is 16.5. The van der Waals surface area contributed by atoms with Crippen molar-refractivity contribution in [2.75, 3.05) is 33.8 Å². The smallest absolute Gasteiger partial charge is 0.118 e. The van der Waals surface area contributed by atoms with Crippen molar-refractivity contribution in [1.29, 1.82) is 0 Å². The second-order valence-corrected chi connectivity index (χ2v) is 7.09. The molecule has 1 fully saturated rings. The SMILES string of the molecule is COc1ccc([C@@H](C)CNC[C@@H]2CCN(C)[C@H]2c2cccnc2)cc1. The summed E-state index contributed by atoms with van der Waals surface area (Å²) in [4.78, 5) is 6.76. The number of nitrogens with zero attached hydrogens (tertiary/aromatic N) is 2. The van der Waals surface area contributed by atoms with Gasteiger partial charge in [0.1, 0.15) is 5.75 Å². The zero-order valence-corrected chi connectivity index (χ0v) is 15.5. The fraction of sp³-hybridized carbons (Fsp3) is 0.476. The third-order valence-corrected chi connectivity index (χ3v) is 5.34. The van der Waals surface area contributed by atoms with Crippen LogP contribution >= 0.6 is 0 Å². The molecule has 4 heteroatoms. The third kappa shape index (κ3) is 4.39. The lowest BCUT2D eigenvalue weighted by atomic mass is 9.94. The summed E-state index contributed by atoms with van der Waals surface area (Å²) >= 11 is 0. The molecule has 2 heterocycles. The van der Waals surface area contributed by atoms with Crippen LogP contribution in [0.25, 0.3) is 0 Å². The van der Waals surface area contributed by atoms with Gasteiger partial charge in [-0.3, -0.25) is 9.88 Å². The Morgan fingerprint density at radius 1 is 1.28 bits per heavy atom. The van der Waals surface area contributed by atoms with E-state index >= 15 is 0 Å². The minimum atomic E-state index is 0.470. The summed E-state index contributed by atoms with van der Waals surface area (Å²) in [6, 6.07) is 13.1. The van der Waals surface area contributed by atoms with E-state index in [1.807, 2.05) is 30.6 Å². The van der Waals surface area contributed by atoms with E-state index in [0.29, 0.717) is 17.9 Å². The van der Waals surface area contributed by atoms with Gasteiger partial charge in [-0.2, -0.15) is 0 Å². The number of hydrogen-bond donors (Lipinski definition) is 1. The van der Waals surface area contributed by atoms with Gasteiger partial charge in [0.2, 0.25) is 0 Å². The van der Waals surface area contributed by atoms with Crippen LogP contribution in [-0.4, -0.2) is 43.7 Å². The highest BCUT2D eigenvalue weighted by Gasteiger charge is 2.32. The molecule has 3 atom stereocenters. The van der Waals surface area contributed by atoms with Crippen LogP contribution < -0.4 is 10.1 Å². The lowest BCUT2D eigenvalue weighted by molar-refractivity contribution is 0.271. The van der Waals surface area contributed by atoms with E-state index in [4.69, 9.17) is 4.74 Å². The number of methoxy groups -OCH3 is 1. The lowest BCUT2D eigenvalue weighted by Crippen LogP contribution is -2.30. The van der Waals surface area contributed by atoms with E-state index in [1.54, 1.807) is 7.11 Å². The predicted molar refractivity (Wildman–Crippen MR) is 102 cm³/mol. The van der Waals surface area contributed by atoms with Crippen LogP contribution in [0.3, 0.4) is 0 Å². The van der Waals surface area contributed by atoms with Crippen LogP contribution in [0.1, 0.15) is 36.4 Å². The second kappa shape index (κ2) is 8.45. The number of hydrogen-bond acceptors (Lipinski definition) is 4. The lowest BCUT2D eigenvalue weighted by Gasteiger charge is -2.26. The predicted octanol–water partition coefficient (Wildman–Crippen LogP) is 3.48. The molecular formula is C21H29N3O. The summed E-state index contributed by atoms with van der Waals surface area (Å²) in [6.45, 7) is 5.46. The van der Waals surface area contributed by atoms with Crippen LogP contribution in [0, 0.1) is 5.92 Å². The number of nitrogens with one attached hydrogen (secondary N) is 1. The maximum Gasteiger partial charge on any atom is 0.118 e. The van der Waals surface area contributed by atoms with E-state index in [1.165, 1.54) is 17.5 Å². The van der Waals surface area contributed by atoms with Crippen molar-refractivity contribution in [3.8, 4) is 5.75 Å². The number of rotatable bonds is 7. The first-order chi connectivity index (χ1) is 12.2. The van der Waals surface area contributed by atoms with Crippen LogP contribution in [0.5, 0.6) is 5.75 Å². The Morgan fingerprint density at radius 2 is 2.08 bits per heavy atom. The Bertz CT molecular complexity index is 644. The molecule has 1 aliphatic rings. The molecule has 134 valence electrons. The van der Waals surface area contributed by atoms with Gasteiger partial charge in [-0.15, -0.1) is 0 Å². The summed E-state index contributed by atoms with van der Waals surface area (Å²) in [7, 11) is 3.93. The van der Waals surface area contributed by atoms with Gasteiger partial charge in [-0.05, 0) is 67.7 Å². The average molecular weight is 339 g/mol. The summed E-state index contributed by atoms with van der Waals surface area (Å²) < 4.78 is 5.24. The Labute approximate surface area is 151 Å². The van der Waals surface area contributed by atoms with E-state index in [0.717, 1.165) is 25.4 Å². The second-order valence-electron chi connectivity index (χ2n) is 7.09. The molecule has 0 spiro atoms. The van der Waals surface area contributed by atoms with Gasteiger partial charge in [0.15, 0.2) is 0 Å². The van der Waals surface area contributed by atoms with Gasteiger partial charge in [0.25, 0.3) is 0 Å². The number of likely N-dealkylation sites (tertiary alicyclic amines) is 1. The summed E-state index contributed by atoms with van der Waals surface area (Å²) in [6.07, 6.45) is 5.10. The standard InChI is InChI=1S/C21H29N3O/c1-16(17-6-8-20(25-3)9-7-17)13-23-15-19-10-12-24(2)21(19)18-5-4-11-22-14-18/h4-9,11,14,16,19,21,23H,10,12-13,15H2,1-3H3/t16-,19-,21-/m0/s1. The molecule has 0 aliphatic carbocycles. The Hall–Kier alpha value is -1.91. The fourth-order valence-electron chi connectivity index (χ4n) is 3.85. The molecular weight excluding hydrogens is 310 g/mol. The van der Waals surface area contributed by atoms with Gasteiger partial charge in [0.05, 0.1) is 7.11 Å². The molecule has 1 aliphatic heterocycles. The van der Waals surface area contributed by atoms with Gasteiger partial charge >= 0.3 is 0 Å². The molecule has 0 bridgehead atoms. The monoisotopic (exact) mass is 339 g/mol. The quantitative estimate of drug-likeness (QED) is 0.838. The molecule has 0 unspecified atom stereocenters. The largest absolute Gasteiger partial charge is 0.497 e. The molecule has 0 amide bonds. The maximum atomic E-state index is 5.24. The molecule has 25 heavy (non-hydrogen) atoms. The molecule has 3 rings (SSSR count). The van der Waals surface area contributed by atoms with E-state index in [9.17, 15) is 0 Å². The average Bonchev–Trinajstić information content (AvgIpc) is 3.03. The van der Waals surface area contributed by atoms with Gasteiger partial charge in [0, 0.05) is 25.0 Å². The first kappa shape index (κ1) is 17.9. The highest BCUT2D eigenvalue weighted by Crippen LogP contribution is 2.35. The van der Waals surface area contributed by atoms with Crippen LogP contribution in [-0.2, 0) is 0 Å². The molecule has 1 saturated heterocycles. The van der Waals surface area contributed by atoms with Crippen molar-refractivity contribution in [1.82, 2.24) is 15.2 Å². The number of benzene rings is 1. The van der Waals surface area contributed by atoms with Gasteiger partial charge in [-0.1, -0.05) is 25.1 Å². The van der Waals surface area contributed by atoms with E-state index in [2.05, 4.69) is 47.4 Å². The number of pyridine rings is 1. The van der Waals surface area contributed by atoms with Crippen molar-refractivity contribution in [2.24, 2.45) is 5.92 Å². The molecule has 1 N–H and O–H groups in total. The molecule has 0 saturated carbocycles. The zero-order chi connectivity index (χ0) is 17.6. The molecule has 2 aromatic rings. The van der Waals surface area contributed by atoms with Crippen LogP contribution in [0.4, 0.5) is 0 Å². The van der Waals surface area contributed by atoms with Crippen LogP contribution in [0.15, 0.2) is 48.8 Å². The molecule has 0 radical (unpaired) electrons. The first-order valence-corrected chi connectivity index (χ1v) is 9.14. The van der Waals surface area contributed by atoms with E-state index in [-0.39, 0.29) is 0 Å². The Balaban J connectivity index is 1.53. The van der Waals surface area contributed by atoms with Crippen molar-refractivity contribution in [2.45, 2.75) is 25.3 Å². The third-order valence-electron chi connectivity index (χ3n) is 5.34. The van der Waals surface area contributed by atoms with Crippen molar-refractivity contribution < 1.29 is 4.74 Å². The summed E-state index contributed by atoms with van der Waals surface area (Å²) in [5, 5.41) is 3.70. The minimum Gasteiger partial charge on any atom is -0.497 e. The zero-order valence-electron chi connectivity index (χ0n) is 15.5. The number of aromatic nitrogens is 1. The minimum absolute atomic E-state index is 0.470. The summed E-state index contributed by atoms with van der Waals surface area (Å²) in [5.74, 6) is 2.04. The molecule has 4 nitrogen and oxygen atoms in total. The topological polar surface area (TPSA) is 37.4 Å². The normalized spacial score (nSPS) is 22.0. The van der Waals surface area contributed by atoms with Gasteiger partial charge < -0.3 is 10.1 Å².